The van der Waals surface area contributed by atoms with E-state index in [0.717, 1.165) is 12.1 Å². The zero-order valence-electron chi connectivity index (χ0n) is 17.9. The van der Waals surface area contributed by atoms with Crippen LogP contribution in [0.15, 0.2) is 65.5 Å². The number of hydrogen-bond acceptors (Lipinski definition) is 5. The molecule has 3 aromatic rings. The van der Waals surface area contributed by atoms with E-state index in [-0.39, 0.29) is 11.3 Å². The van der Waals surface area contributed by atoms with Crippen LogP contribution >= 0.6 is 0 Å². The van der Waals surface area contributed by atoms with Gasteiger partial charge in [0.2, 0.25) is 6.41 Å². The molecule has 1 aromatic heterocycles. The summed E-state index contributed by atoms with van der Waals surface area (Å²) in [5.41, 5.74) is 2.64. The van der Waals surface area contributed by atoms with Gasteiger partial charge < -0.3 is 15.4 Å². The molecule has 7 nitrogen and oxygen atoms in total. The fourth-order valence-corrected chi connectivity index (χ4v) is 2.88. The summed E-state index contributed by atoms with van der Waals surface area (Å²) >= 11 is 0. The molecule has 0 spiro atoms. The number of para-hydroxylation sites is 2. The number of nitrogens with one attached hydrogen (secondary N) is 2. The first-order valence-electron chi connectivity index (χ1n) is 10.0. The van der Waals surface area contributed by atoms with Crippen molar-refractivity contribution in [3.05, 3.63) is 76.6 Å². The molecule has 0 saturated carbocycles. The summed E-state index contributed by atoms with van der Waals surface area (Å²) in [6.45, 7) is 0.110. The Labute approximate surface area is 185 Å². The lowest BCUT2D eigenvalue weighted by molar-refractivity contribution is -0.105. The van der Waals surface area contributed by atoms with Crippen LogP contribution in [0.5, 0.6) is 5.75 Å². The molecule has 1 amide bonds. The Bertz CT molecular complexity index is 1060. The Morgan fingerprint density at radius 3 is 2.50 bits per heavy atom. The Hall–Kier alpha value is -3.59. The lowest BCUT2D eigenvalue weighted by Crippen LogP contribution is -2.27. The van der Waals surface area contributed by atoms with Gasteiger partial charge in [-0.3, -0.25) is 9.59 Å². The number of nitrogens with zero attached hydrogens (tertiary/aromatic N) is 2. The fraction of sp³-hybridized carbons (Fsp3) is 0.261. The van der Waals surface area contributed by atoms with Crippen LogP contribution in [-0.2, 0) is 17.8 Å². The number of aryl methyl sites for hydroxylation is 1. The lowest BCUT2D eigenvalue weighted by Gasteiger charge is -2.11. The first kappa shape index (κ1) is 24.7. The number of alkyl halides is 2. The summed E-state index contributed by atoms with van der Waals surface area (Å²) in [6.07, 6.45) is 1.64. The molecule has 1 heterocycles. The summed E-state index contributed by atoms with van der Waals surface area (Å²) in [6, 6.07) is 17.0. The van der Waals surface area contributed by atoms with Crippen LogP contribution in [0.2, 0.25) is 0 Å². The molecule has 0 unspecified atom stereocenters. The van der Waals surface area contributed by atoms with E-state index in [9.17, 15) is 18.4 Å². The van der Waals surface area contributed by atoms with E-state index >= 15 is 0 Å². The summed E-state index contributed by atoms with van der Waals surface area (Å²) < 4.78 is 30.6. The Kier molecular flexibility index (Phi) is 9.99. The fourth-order valence-electron chi connectivity index (χ4n) is 2.88. The largest absolute Gasteiger partial charge is 0.434 e. The summed E-state index contributed by atoms with van der Waals surface area (Å²) in [5.74, 6) is 0.0267. The molecule has 0 aliphatic rings. The molecular weight excluding hydrogens is 418 g/mol. The van der Waals surface area contributed by atoms with Crippen LogP contribution in [0.3, 0.4) is 0 Å². The number of likely N-dealkylation sites (N-methyl/N-ethyl adjacent to an activating group) is 1. The van der Waals surface area contributed by atoms with Gasteiger partial charge in [-0.1, -0.05) is 37.3 Å². The number of amides is 1. The number of anilines is 1. The van der Waals surface area contributed by atoms with Crippen molar-refractivity contribution >= 4 is 12.1 Å². The lowest BCUT2D eigenvalue weighted by atomic mass is 10.1. The van der Waals surface area contributed by atoms with Crippen LogP contribution in [0.25, 0.3) is 11.3 Å². The number of hydrogen-bond donors (Lipinski definition) is 2. The second-order valence-electron chi connectivity index (χ2n) is 6.53. The van der Waals surface area contributed by atoms with Crippen molar-refractivity contribution in [3.63, 3.8) is 0 Å². The van der Waals surface area contributed by atoms with Gasteiger partial charge >= 0.3 is 6.61 Å². The molecule has 32 heavy (non-hydrogen) atoms. The average molecular weight is 444 g/mol. The number of rotatable bonds is 9. The molecule has 0 aliphatic carbocycles. The van der Waals surface area contributed by atoms with Crippen molar-refractivity contribution in [1.29, 1.82) is 0 Å². The van der Waals surface area contributed by atoms with Crippen molar-refractivity contribution in [2.75, 3.05) is 18.9 Å². The summed E-state index contributed by atoms with van der Waals surface area (Å²) in [4.78, 5) is 21.8. The Balaban J connectivity index is 0.000000278. The maximum Gasteiger partial charge on any atom is 0.387 e. The van der Waals surface area contributed by atoms with Gasteiger partial charge in [0.05, 0.1) is 12.2 Å². The van der Waals surface area contributed by atoms with E-state index in [4.69, 9.17) is 0 Å². The number of aromatic nitrogens is 2. The highest BCUT2D eigenvalue weighted by molar-refractivity contribution is 5.73. The Morgan fingerprint density at radius 1 is 1.09 bits per heavy atom. The van der Waals surface area contributed by atoms with Gasteiger partial charge in [-0.15, -0.1) is 0 Å². The molecule has 0 atom stereocenters. The maximum atomic E-state index is 12.4. The molecule has 0 saturated heterocycles. The molecule has 9 heteroatoms. The second kappa shape index (κ2) is 13.0. The highest BCUT2D eigenvalue weighted by Gasteiger charge is 2.12. The number of carbonyl (C=O) groups excluding carboxylic acids is 1. The third kappa shape index (κ3) is 7.28. The standard InChI is InChI=1S/C14H15F2N3O2.C9H11NO/c1-17-8-9-19-13(20)7-6-11(18-19)10-4-2-3-5-12(10)21-14(15)16;1-2-8-5-3-4-6-9(8)10-7-11/h2-7,14,17H,8-9H2,1H3;3-7H,2H2,1H3,(H,10,11). The van der Waals surface area contributed by atoms with Gasteiger partial charge in [0.1, 0.15) is 5.75 Å². The van der Waals surface area contributed by atoms with Gasteiger partial charge in [0.15, 0.2) is 0 Å². The minimum atomic E-state index is -2.92. The van der Waals surface area contributed by atoms with E-state index in [1.807, 2.05) is 24.3 Å². The van der Waals surface area contributed by atoms with Crippen molar-refractivity contribution < 1.29 is 18.3 Å². The van der Waals surface area contributed by atoms with Gasteiger partial charge in [0.25, 0.3) is 5.56 Å². The molecule has 0 fully saturated rings. The van der Waals surface area contributed by atoms with Gasteiger partial charge in [-0.05, 0) is 43.3 Å². The van der Waals surface area contributed by atoms with E-state index < -0.39 is 6.61 Å². The molecule has 0 radical (unpaired) electrons. The van der Waals surface area contributed by atoms with Gasteiger partial charge in [-0.2, -0.15) is 13.9 Å². The predicted octanol–water partition coefficient (Wildman–Crippen LogP) is 3.55. The second-order valence-corrected chi connectivity index (χ2v) is 6.53. The summed E-state index contributed by atoms with van der Waals surface area (Å²) in [7, 11) is 1.76. The number of benzene rings is 2. The molecule has 2 N–H and O–H groups in total. The van der Waals surface area contributed by atoms with Gasteiger partial charge in [-0.25, -0.2) is 4.68 Å². The number of carbonyl (C=O) groups is 1. The van der Waals surface area contributed by atoms with Crippen LogP contribution in [0.4, 0.5) is 14.5 Å². The van der Waals surface area contributed by atoms with Crippen molar-refractivity contribution in [3.8, 4) is 17.0 Å². The van der Waals surface area contributed by atoms with Crippen molar-refractivity contribution in [2.45, 2.75) is 26.5 Å². The van der Waals surface area contributed by atoms with Gasteiger partial charge in [0, 0.05) is 23.9 Å². The first-order valence-corrected chi connectivity index (χ1v) is 10.0. The number of halogens is 2. The molecule has 2 aromatic carbocycles. The summed E-state index contributed by atoms with van der Waals surface area (Å²) in [5, 5.41) is 9.75. The highest BCUT2D eigenvalue weighted by atomic mass is 19.3. The van der Waals surface area contributed by atoms with Crippen molar-refractivity contribution in [2.24, 2.45) is 0 Å². The van der Waals surface area contributed by atoms with Crippen LogP contribution in [-0.4, -0.2) is 36.4 Å². The highest BCUT2D eigenvalue weighted by Crippen LogP contribution is 2.28. The maximum absolute atomic E-state index is 12.4. The quantitative estimate of drug-likeness (QED) is 0.493. The van der Waals surface area contributed by atoms with Crippen LogP contribution < -0.4 is 20.9 Å². The third-order valence-electron chi connectivity index (χ3n) is 4.43. The average Bonchev–Trinajstić information content (AvgIpc) is 2.80. The minimum Gasteiger partial charge on any atom is -0.434 e. The first-order chi connectivity index (χ1) is 15.5. The zero-order chi connectivity index (χ0) is 23.3. The molecule has 3 rings (SSSR count). The van der Waals surface area contributed by atoms with Crippen LogP contribution in [0.1, 0.15) is 12.5 Å². The van der Waals surface area contributed by atoms with E-state index in [1.165, 1.54) is 28.4 Å². The van der Waals surface area contributed by atoms with E-state index in [1.54, 1.807) is 25.2 Å². The van der Waals surface area contributed by atoms with E-state index in [0.29, 0.717) is 30.8 Å². The van der Waals surface area contributed by atoms with E-state index in [2.05, 4.69) is 27.4 Å². The predicted molar refractivity (Wildman–Crippen MR) is 120 cm³/mol. The molecule has 0 bridgehead atoms. The van der Waals surface area contributed by atoms with Crippen LogP contribution in [0, 0.1) is 0 Å². The molecular formula is C23H26F2N4O3. The topological polar surface area (TPSA) is 85.2 Å². The normalized spacial score (nSPS) is 10.3. The number of ether oxygens (including phenoxy) is 1. The minimum absolute atomic E-state index is 0.0267. The SMILES string of the molecule is CCc1ccccc1NC=O.CNCCn1nc(-c2ccccc2OC(F)F)ccc1=O. The zero-order valence-corrected chi connectivity index (χ0v) is 17.9. The van der Waals surface area contributed by atoms with Crippen molar-refractivity contribution in [1.82, 2.24) is 15.1 Å². The monoisotopic (exact) mass is 444 g/mol. The Morgan fingerprint density at radius 2 is 1.81 bits per heavy atom. The molecule has 0 aliphatic heterocycles. The molecule has 170 valence electrons. The smallest absolute Gasteiger partial charge is 0.387 e. The third-order valence-corrected chi connectivity index (χ3v) is 4.43.